The van der Waals surface area contributed by atoms with Gasteiger partial charge in [0.25, 0.3) is 0 Å². The maximum absolute atomic E-state index is 12.1. The summed E-state index contributed by atoms with van der Waals surface area (Å²) in [6.45, 7) is 2.41. The van der Waals surface area contributed by atoms with Crippen molar-refractivity contribution in [3.63, 3.8) is 0 Å². The molecular weight excluding hydrogens is 294 g/mol. The number of hydrogen-bond acceptors (Lipinski definition) is 3. The molecule has 0 radical (unpaired) electrons. The number of thioether (sulfide) groups is 1. The largest absolute Gasteiger partial charge is 0.334 e. The molecule has 1 heterocycles. The van der Waals surface area contributed by atoms with Crippen LogP contribution in [0, 0.1) is 6.92 Å². The van der Waals surface area contributed by atoms with Crippen molar-refractivity contribution in [2.24, 2.45) is 0 Å². The lowest BCUT2D eigenvalue weighted by atomic mass is 10.1. The van der Waals surface area contributed by atoms with Crippen LogP contribution in [0.4, 0.5) is 4.79 Å². The van der Waals surface area contributed by atoms with Crippen molar-refractivity contribution in [3.05, 3.63) is 65.5 Å². The number of nitrogens with zero attached hydrogens (tertiary/aromatic N) is 1. The van der Waals surface area contributed by atoms with Crippen LogP contribution in [0.3, 0.4) is 0 Å². The Bertz CT molecular complexity index is 587. The number of carbonyl (C=O) groups is 1. The Labute approximate surface area is 135 Å². The SMILES string of the molecule is CSC[C@H](NC(=O)NCc1ccc(C)nc1)c1ccccc1. The molecule has 2 aromatic rings. The Kier molecular flexibility index (Phi) is 6.27. The summed E-state index contributed by atoms with van der Waals surface area (Å²) in [6, 6.07) is 13.8. The Morgan fingerprint density at radius 2 is 2.00 bits per heavy atom. The third-order valence-electron chi connectivity index (χ3n) is 3.27. The molecule has 0 spiro atoms. The Hall–Kier alpha value is -2.01. The van der Waals surface area contributed by atoms with E-state index in [0.29, 0.717) is 6.54 Å². The fraction of sp³-hybridized carbons (Fsp3) is 0.294. The molecule has 116 valence electrons. The zero-order valence-electron chi connectivity index (χ0n) is 12.9. The van der Waals surface area contributed by atoms with Crippen LogP contribution in [0.15, 0.2) is 48.7 Å². The average Bonchev–Trinajstić information content (AvgIpc) is 2.55. The fourth-order valence-electron chi connectivity index (χ4n) is 2.07. The summed E-state index contributed by atoms with van der Waals surface area (Å²) in [4.78, 5) is 16.3. The number of urea groups is 1. The summed E-state index contributed by atoms with van der Waals surface area (Å²) in [7, 11) is 0. The fourth-order valence-corrected chi connectivity index (χ4v) is 2.68. The van der Waals surface area contributed by atoms with E-state index in [1.54, 1.807) is 18.0 Å². The van der Waals surface area contributed by atoms with Crippen molar-refractivity contribution in [2.45, 2.75) is 19.5 Å². The van der Waals surface area contributed by atoms with Crippen LogP contribution in [-0.4, -0.2) is 23.0 Å². The highest BCUT2D eigenvalue weighted by Gasteiger charge is 2.13. The van der Waals surface area contributed by atoms with E-state index in [2.05, 4.69) is 15.6 Å². The highest BCUT2D eigenvalue weighted by Crippen LogP contribution is 2.16. The third-order valence-corrected chi connectivity index (χ3v) is 3.93. The van der Waals surface area contributed by atoms with E-state index in [1.807, 2.05) is 55.6 Å². The van der Waals surface area contributed by atoms with Crippen LogP contribution < -0.4 is 10.6 Å². The Balaban J connectivity index is 1.89. The van der Waals surface area contributed by atoms with Gasteiger partial charge >= 0.3 is 6.03 Å². The molecule has 0 aliphatic rings. The quantitative estimate of drug-likeness (QED) is 0.860. The summed E-state index contributed by atoms with van der Waals surface area (Å²) in [5.41, 5.74) is 3.07. The zero-order valence-corrected chi connectivity index (χ0v) is 13.7. The van der Waals surface area contributed by atoms with Crippen LogP contribution in [0.25, 0.3) is 0 Å². The van der Waals surface area contributed by atoms with Crippen molar-refractivity contribution in [3.8, 4) is 0 Å². The van der Waals surface area contributed by atoms with E-state index in [4.69, 9.17) is 0 Å². The summed E-state index contributed by atoms with van der Waals surface area (Å²) in [6.07, 6.45) is 3.82. The lowest BCUT2D eigenvalue weighted by molar-refractivity contribution is 0.237. The topological polar surface area (TPSA) is 54.0 Å². The van der Waals surface area contributed by atoms with Gasteiger partial charge in [-0.1, -0.05) is 36.4 Å². The smallest absolute Gasteiger partial charge is 0.315 e. The molecule has 0 unspecified atom stereocenters. The van der Waals surface area contributed by atoms with Gasteiger partial charge in [0.1, 0.15) is 0 Å². The average molecular weight is 315 g/mol. The number of rotatable bonds is 6. The monoisotopic (exact) mass is 315 g/mol. The molecule has 0 fully saturated rings. The maximum Gasteiger partial charge on any atom is 0.315 e. The van der Waals surface area contributed by atoms with Crippen LogP contribution >= 0.6 is 11.8 Å². The lowest BCUT2D eigenvalue weighted by Crippen LogP contribution is -2.38. The molecule has 4 nitrogen and oxygen atoms in total. The number of aryl methyl sites for hydroxylation is 1. The van der Waals surface area contributed by atoms with Gasteiger partial charge in [-0.3, -0.25) is 4.98 Å². The number of pyridine rings is 1. The van der Waals surface area contributed by atoms with Crippen molar-refractivity contribution < 1.29 is 4.79 Å². The van der Waals surface area contributed by atoms with E-state index in [0.717, 1.165) is 22.6 Å². The van der Waals surface area contributed by atoms with Gasteiger partial charge in [-0.2, -0.15) is 11.8 Å². The van der Waals surface area contributed by atoms with Crippen LogP contribution in [0.1, 0.15) is 22.9 Å². The standard InChI is InChI=1S/C17H21N3OS/c1-13-8-9-14(10-18-13)11-19-17(21)20-16(12-22-2)15-6-4-3-5-7-15/h3-10,16H,11-12H2,1-2H3,(H2,19,20,21)/t16-/m0/s1. The van der Waals surface area contributed by atoms with Crippen LogP contribution in [-0.2, 0) is 6.54 Å². The third kappa shape index (κ3) is 5.07. The molecule has 0 bridgehead atoms. The first-order valence-corrected chi connectivity index (χ1v) is 8.58. The van der Waals surface area contributed by atoms with E-state index in [9.17, 15) is 4.79 Å². The van der Waals surface area contributed by atoms with Crippen molar-refractivity contribution >= 4 is 17.8 Å². The molecule has 1 aromatic carbocycles. The van der Waals surface area contributed by atoms with Crippen molar-refractivity contribution in [1.29, 1.82) is 0 Å². The summed E-state index contributed by atoms with van der Waals surface area (Å²) < 4.78 is 0. The predicted molar refractivity (Wildman–Crippen MR) is 91.9 cm³/mol. The first-order chi connectivity index (χ1) is 10.7. The van der Waals surface area contributed by atoms with E-state index in [1.165, 1.54) is 0 Å². The van der Waals surface area contributed by atoms with E-state index in [-0.39, 0.29) is 12.1 Å². The summed E-state index contributed by atoms with van der Waals surface area (Å²) in [5, 5.41) is 5.90. The first kappa shape index (κ1) is 16.4. The number of amides is 2. The molecule has 2 amide bonds. The number of benzene rings is 1. The van der Waals surface area contributed by atoms with Gasteiger partial charge in [-0.15, -0.1) is 0 Å². The van der Waals surface area contributed by atoms with Gasteiger partial charge in [0.15, 0.2) is 0 Å². The van der Waals surface area contributed by atoms with E-state index >= 15 is 0 Å². The van der Waals surface area contributed by atoms with Gasteiger partial charge < -0.3 is 10.6 Å². The second-order valence-corrected chi connectivity index (χ2v) is 5.96. The highest BCUT2D eigenvalue weighted by molar-refractivity contribution is 7.98. The maximum atomic E-state index is 12.1. The molecule has 22 heavy (non-hydrogen) atoms. The van der Waals surface area contributed by atoms with Crippen molar-refractivity contribution in [1.82, 2.24) is 15.6 Å². The number of carbonyl (C=O) groups excluding carboxylic acids is 1. The number of nitrogens with one attached hydrogen (secondary N) is 2. The molecule has 1 aromatic heterocycles. The molecule has 1 atom stereocenters. The zero-order chi connectivity index (χ0) is 15.8. The van der Waals surface area contributed by atoms with Gasteiger partial charge in [0.2, 0.25) is 0 Å². The Morgan fingerprint density at radius 3 is 2.64 bits per heavy atom. The van der Waals surface area contributed by atoms with Crippen LogP contribution in [0.5, 0.6) is 0 Å². The van der Waals surface area contributed by atoms with Gasteiger partial charge in [-0.05, 0) is 30.4 Å². The molecule has 0 aliphatic carbocycles. The predicted octanol–water partition coefficient (Wildman–Crippen LogP) is 3.29. The minimum atomic E-state index is -0.163. The molecule has 0 saturated heterocycles. The van der Waals surface area contributed by atoms with Gasteiger partial charge in [-0.25, -0.2) is 4.79 Å². The van der Waals surface area contributed by atoms with E-state index < -0.39 is 0 Å². The van der Waals surface area contributed by atoms with Gasteiger partial charge in [0.05, 0.1) is 6.04 Å². The molecular formula is C17H21N3OS. The molecule has 5 heteroatoms. The minimum Gasteiger partial charge on any atom is -0.334 e. The second kappa shape index (κ2) is 8.44. The summed E-state index contributed by atoms with van der Waals surface area (Å²) in [5.74, 6) is 0.837. The lowest BCUT2D eigenvalue weighted by Gasteiger charge is -2.18. The first-order valence-electron chi connectivity index (χ1n) is 7.19. The molecule has 2 rings (SSSR count). The summed E-state index contributed by atoms with van der Waals surface area (Å²) >= 11 is 1.71. The minimum absolute atomic E-state index is 0.00680. The molecule has 2 N–H and O–H groups in total. The number of aromatic nitrogens is 1. The molecule has 0 aliphatic heterocycles. The highest BCUT2D eigenvalue weighted by atomic mass is 32.2. The molecule has 0 saturated carbocycles. The van der Waals surface area contributed by atoms with Gasteiger partial charge in [0, 0.05) is 24.2 Å². The normalized spacial score (nSPS) is 11.7. The van der Waals surface area contributed by atoms with Crippen LogP contribution in [0.2, 0.25) is 0 Å². The number of hydrogen-bond donors (Lipinski definition) is 2. The van der Waals surface area contributed by atoms with Crippen molar-refractivity contribution in [2.75, 3.05) is 12.0 Å². The second-order valence-electron chi connectivity index (χ2n) is 5.05. The Morgan fingerprint density at radius 1 is 1.23 bits per heavy atom.